The molecule has 0 saturated carbocycles. The Kier molecular flexibility index (Phi) is 5.97. The molecule has 23 heavy (non-hydrogen) atoms. The van der Waals surface area contributed by atoms with Gasteiger partial charge in [0.15, 0.2) is 0 Å². The van der Waals surface area contributed by atoms with Gasteiger partial charge in [-0.1, -0.05) is 23.7 Å². The van der Waals surface area contributed by atoms with Crippen LogP contribution in [-0.2, 0) is 0 Å². The molecule has 2 rings (SSSR count). The molecule has 0 radical (unpaired) electrons. The third kappa shape index (κ3) is 6.16. The van der Waals surface area contributed by atoms with E-state index in [9.17, 15) is 5.11 Å². The highest BCUT2D eigenvalue weighted by atomic mass is 35.5. The first-order chi connectivity index (χ1) is 10.8. The van der Waals surface area contributed by atoms with Gasteiger partial charge in [-0.2, -0.15) is 0 Å². The van der Waals surface area contributed by atoms with Crippen molar-refractivity contribution in [3.63, 3.8) is 0 Å². The smallest absolute Gasteiger partial charge is 0.145 e. The van der Waals surface area contributed by atoms with E-state index in [1.807, 2.05) is 38.1 Å². The van der Waals surface area contributed by atoms with E-state index in [-0.39, 0.29) is 6.04 Å². The molecule has 1 aromatic carbocycles. The van der Waals surface area contributed by atoms with E-state index in [0.717, 1.165) is 36.3 Å². The largest absolute Gasteiger partial charge is 0.390 e. The van der Waals surface area contributed by atoms with Gasteiger partial charge in [0.2, 0.25) is 0 Å². The summed E-state index contributed by atoms with van der Waals surface area (Å²) in [5.41, 5.74) is 1.14. The molecule has 0 aliphatic rings. The minimum atomic E-state index is -0.605. The number of nitrogens with zero attached hydrogens (tertiary/aromatic N) is 2. The second-order valence-corrected chi connectivity index (χ2v) is 6.99. The lowest BCUT2D eigenvalue weighted by Crippen LogP contribution is -2.21. The van der Waals surface area contributed by atoms with Crippen LogP contribution in [0, 0.1) is 0 Å². The van der Waals surface area contributed by atoms with Crippen molar-refractivity contribution < 1.29 is 5.11 Å². The molecule has 1 atom stereocenters. The molecule has 5 heteroatoms. The predicted octanol–water partition coefficient (Wildman–Crippen LogP) is 4.54. The van der Waals surface area contributed by atoms with Crippen LogP contribution in [-0.4, -0.2) is 26.7 Å². The van der Waals surface area contributed by atoms with Gasteiger partial charge in [0.25, 0.3) is 0 Å². The summed E-state index contributed by atoms with van der Waals surface area (Å²) in [5.74, 6) is 0.748. The van der Waals surface area contributed by atoms with Crippen molar-refractivity contribution in [2.45, 2.75) is 51.7 Å². The van der Waals surface area contributed by atoms with Crippen molar-refractivity contribution in [3.8, 4) is 11.3 Å². The van der Waals surface area contributed by atoms with Crippen LogP contribution in [0.1, 0.15) is 40.0 Å². The molecular weight excluding hydrogens is 310 g/mol. The zero-order valence-corrected chi connectivity index (χ0v) is 14.6. The molecule has 2 N–H and O–H groups in total. The third-order valence-electron chi connectivity index (χ3n) is 3.57. The Labute approximate surface area is 142 Å². The van der Waals surface area contributed by atoms with E-state index < -0.39 is 5.60 Å². The van der Waals surface area contributed by atoms with Gasteiger partial charge in [-0.15, -0.1) is 0 Å². The quantitative estimate of drug-likeness (QED) is 0.781. The van der Waals surface area contributed by atoms with E-state index in [1.165, 1.54) is 0 Å². The standard InChI is InChI=1S/C18H24ClN3O/c1-13(6-5-9-18(2,3)23)21-17-12-20-11-16(22-17)14-7-4-8-15(19)10-14/h4,7-8,10-13,23H,5-6,9H2,1-3H3,(H,21,22). The monoisotopic (exact) mass is 333 g/mol. The first-order valence-electron chi connectivity index (χ1n) is 7.90. The lowest BCUT2D eigenvalue weighted by Gasteiger charge is -2.19. The number of halogens is 1. The fraction of sp³-hybridized carbons (Fsp3) is 0.444. The maximum absolute atomic E-state index is 9.75. The van der Waals surface area contributed by atoms with Crippen LogP contribution < -0.4 is 5.32 Å². The van der Waals surface area contributed by atoms with E-state index >= 15 is 0 Å². The topological polar surface area (TPSA) is 58.0 Å². The highest BCUT2D eigenvalue weighted by Crippen LogP contribution is 2.22. The molecule has 0 saturated heterocycles. The van der Waals surface area contributed by atoms with Crippen molar-refractivity contribution in [2.75, 3.05) is 5.32 Å². The molecule has 0 amide bonds. The number of aromatic nitrogens is 2. The Bertz CT molecular complexity index is 640. The lowest BCUT2D eigenvalue weighted by molar-refractivity contribution is 0.0680. The van der Waals surface area contributed by atoms with Gasteiger partial charge in [-0.3, -0.25) is 4.98 Å². The number of benzene rings is 1. The summed E-state index contributed by atoms with van der Waals surface area (Å²) in [5, 5.41) is 13.8. The Morgan fingerprint density at radius 2 is 2.09 bits per heavy atom. The summed E-state index contributed by atoms with van der Waals surface area (Å²) in [4.78, 5) is 8.85. The van der Waals surface area contributed by atoms with Gasteiger partial charge in [-0.25, -0.2) is 4.98 Å². The van der Waals surface area contributed by atoms with Crippen molar-refractivity contribution in [2.24, 2.45) is 0 Å². The summed E-state index contributed by atoms with van der Waals surface area (Å²) < 4.78 is 0. The maximum atomic E-state index is 9.75. The molecule has 0 spiro atoms. The zero-order valence-electron chi connectivity index (χ0n) is 13.9. The third-order valence-corrected chi connectivity index (χ3v) is 3.81. The van der Waals surface area contributed by atoms with Gasteiger partial charge in [0.1, 0.15) is 5.82 Å². The fourth-order valence-corrected chi connectivity index (χ4v) is 2.58. The Balaban J connectivity index is 1.97. The SMILES string of the molecule is CC(CCCC(C)(C)O)Nc1cncc(-c2cccc(Cl)c2)n1. The zero-order chi connectivity index (χ0) is 16.9. The van der Waals surface area contributed by atoms with Gasteiger partial charge in [0.05, 0.1) is 23.7 Å². The van der Waals surface area contributed by atoms with E-state index in [2.05, 4.69) is 22.2 Å². The molecule has 4 nitrogen and oxygen atoms in total. The van der Waals surface area contributed by atoms with Crippen LogP contribution in [0.3, 0.4) is 0 Å². The first-order valence-corrected chi connectivity index (χ1v) is 8.28. The van der Waals surface area contributed by atoms with Crippen LogP contribution in [0.4, 0.5) is 5.82 Å². The Morgan fingerprint density at radius 1 is 1.30 bits per heavy atom. The number of hydrogen-bond acceptors (Lipinski definition) is 4. The van der Waals surface area contributed by atoms with E-state index in [4.69, 9.17) is 11.6 Å². The normalized spacial score (nSPS) is 12.9. The minimum absolute atomic E-state index is 0.265. The minimum Gasteiger partial charge on any atom is -0.390 e. The summed E-state index contributed by atoms with van der Waals surface area (Å²) in [6.45, 7) is 5.79. The van der Waals surface area contributed by atoms with Crippen LogP contribution in [0.15, 0.2) is 36.7 Å². The lowest BCUT2D eigenvalue weighted by atomic mass is 10.00. The highest BCUT2D eigenvalue weighted by Gasteiger charge is 2.13. The van der Waals surface area contributed by atoms with Crippen molar-refractivity contribution >= 4 is 17.4 Å². The fourth-order valence-electron chi connectivity index (χ4n) is 2.39. The van der Waals surface area contributed by atoms with Gasteiger partial charge in [-0.05, 0) is 52.2 Å². The molecule has 0 fully saturated rings. The van der Waals surface area contributed by atoms with Crippen molar-refractivity contribution in [1.82, 2.24) is 9.97 Å². The van der Waals surface area contributed by atoms with E-state index in [1.54, 1.807) is 12.4 Å². The molecule has 1 aromatic heterocycles. The number of nitrogens with one attached hydrogen (secondary N) is 1. The van der Waals surface area contributed by atoms with Gasteiger partial charge < -0.3 is 10.4 Å². The first kappa shape index (κ1) is 17.7. The molecule has 0 bridgehead atoms. The number of anilines is 1. The van der Waals surface area contributed by atoms with E-state index in [0.29, 0.717) is 5.02 Å². The summed E-state index contributed by atoms with van der Waals surface area (Å²) >= 11 is 6.03. The number of hydrogen-bond donors (Lipinski definition) is 2. The highest BCUT2D eigenvalue weighted by molar-refractivity contribution is 6.30. The van der Waals surface area contributed by atoms with Gasteiger partial charge >= 0.3 is 0 Å². The molecular formula is C18H24ClN3O. The van der Waals surface area contributed by atoms with Crippen molar-refractivity contribution in [1.29, 1.82) is 0 Å². The molecule has 124 valence electrons. The van der Waals surface area contributed by atoms with Crippen LogP contribution in [0.5, 0.6) is 0 Å². The van der Waals surface area contributed by atoms with Crippen LogP contribution in [0.25, 0.3) is 11.3 Å². The Morgan fingerprint density at radius 3 is 2.78 bits per heavy atom. The summed E-state index contributed by atoms with van der Waals surface area (Å²) in [6, 6.07) is 7.85. The second kappa shape index (κ2) is 7.75. The molecule has 2 aromatic rings. The average molecular weight is 334 g/mol. The molecule has 1 unspecified atom stereocenters. The number of aliphatic hydroxyl groups is 1. The Hall–Kier alpha value is -1.65. The maximum Gasteiger partial charge on any atom is 0.145 e. The van der Waals surface area contributed by atoms with Gasteiger partial charge in [0, 0.05) is 16.6 Å². The van der Waals surface area contributed by atoms with Crippen LogP contribution in [0.2, 0.25) is 5.02 Å². The van der Waals surface area contributed by atoms with Crippen LogP contribution >= 0.6 is 11.6 Å². The average Bonchev–Trinajstić information content (AvgIpc) is 2.46. The van der Waals surface area contributed by atoms with Crippen molar-refractivity contribution in [3.05, 3.63) is 41.7 Å². The summed E-state index contributed by atoms with van der Waals surface area (Å²) in [7, 11) is 0. The second-order valence-electron chi connectivity index (χ2n) is 6.55. The predicted molar refractivity (Wildman–Crippen MR) is 95.7 cm³/mol. The molecule has 0 aliphatic carbocycles. The molecule has 1 heterocycles. The number of rotatable bonds is 7. The molecule has 0 aliphatic heterocycles. The summed E-state index contributed by atoms with van der Waals surface area (Å²) in [6.07, 6.45) is 6.16.